The van der Waals surface area contributed by atoms with Crippen molar-refractivity contribution in [3.63, 3.8) is 0 Å². The highest BCUT2D eigenvalue weighted by Crippen LogP contribution is 2.39. The van der Waals surface area contributed by atoms with Crippen LogP contribution in [0, 0.1) is 0 Å². The van der Waals surface area contributed by atoms with E-state index in [1.165, 1.54) is 12.0 Å². The van der Waals surface area contributed by atoms with Gasteiger partial charge < -0.3 is 14.2 Å². The van der Waals surface area contributed by atoms with Gasteiger partial charge in [0.1, 0.15) is 0 Å². The fourth-order valence-electron chi connectivity index (χ4n) is 2.25. The molecule has 2 rings (SSSR count). The Morgan fingerprint density at radius 3 is 2.56 bits per heavy atom. The Morgan fingerprint density at radius 1 is 1.20 bits per heavy atom. The Kier molecular flexibility index (Phi) is 7.34. The average Bonchev–Trinajstić information content (AvgIpc) is 2.83. The maximum absolute atomic E-state index is 12.4. The van der Waals surface area contributed by atoms with E-state index >= 15 is 0 Å². The van der Waals surface area contributed by atoms with E-state index in [-0.39, 0.29) is 17.7 Å². The van der Waals surface area contributed by atoms with Crippen molar-refractivity contribution >= 4 is 44.9 Å². The van der Waals surface area contributed by atoms with Crippen LogP contribution in [0.3, 0.4) is 0 Å². The predicted molar refractivity (Wildman–Crippen MR) is 101 cm³/mol. The molecule has 6 nitrogen and oxygen atoms in total. The molecule has 0 unspecified atom stereocenters. The summed E-state index contributed by atoms with van der Waals surface area (Å²) in [5.41, 5.74) is 0.746. The van der Waals surface area contributed by atoms with Crippen LogP contribution in [-0.4, -0.2) is 49.5 Å². The molecule has 0 atom stereocenters. The largest absolute Gasteiger partial charge is 0.490 e. The number of rotatable bonds is 8. The molecular formula is C17H20BrNO5S. The van der Waals surface area contributed by atoms with Gasteiger partial charge in [0, 0.05) is 7.11 Å². The number of halogens is 1. The van der Waals surface area contributed by atoms with Crippen LogP contribution in [0.2, 0.25) is 0 Å². The predicted octanol–water partition coefficient (Wildman–Crippen LogP) is 3.93. The van der Waals surface area contributed by atoms with E-state index in [4.69, 9.17) is 14.2 Å². The molecule has 1 saturated heterocycles. The minimum absolute atomic E-state index is 0.246. The molecule has 1 fully saturated rings. The minimum atomic E-state index is -0.310. The van der Waals surface area contributed by atoms with Crippen LogP contribution in [0.5, 0.6) is 11.5 Å². The van der Waals surface area contributed by atoms with Crippen molar-refractivity contribution in [1.82, 2.24) is 4.90 Å². The zero-order valence-electron chi connectivity index (χ0n) is 14.3. The zero-order chi connectivity index (χ0) is 18.4. The monoisotopic (exact) mass is 429 g/mol. The van der Waals surface area contributed by atoms with Gasteiger partial charge in [0.05, 0.1) is 35.7 Å². The number of nitrogens with zero attached hydrogens (tertiary/aromatic N) is 1. The molecular weight excluding hydrogens is 410 g/mol. The Balaban J connectivity index is 2.31. The number of ether oxygens (including phenoxy) is 3. The van der Waals surface area contributed by atoms with Crippen molar-refractivity contribution in [1.29, 1.82) is 0 Å². The van der Waals surface area contributed by atoms with Gasteiger partial charge in [-0.25, -0.2) is 0 Å². The van der Waals surface area contributed by atoms with E-state index in [2.05, 4.69) is 15.9 Å². The fraction of sp³-hybridized carbons (Fsp3) is 0.412. The smallest absolute Gasteiger partial charge is 0.293 e. The van der Waals surface area contributed by atoms with E-state index in [0.29, 0.717) is 36.2 Å². The Hall–Kier alpha value is -1.51. The molecule has 0 spiro atoms. The molecule has 0 aliphatic carbocycles. The third-order valence-corrected chi connectivity index (χ3v) is 4.81. The summed E-state index contributed by atoms with van der Waals surface area (Å²) in [6, 6.07) is 3.62. The summed E-state index contributed by atoms with van der Waals surface area (Å²) >= 11 is 4.39. The van der Waals surface area contributed by atoms with Crippen LogP contribution in [0.25, 0.3) is 6.08 Å². The zero-order valence-corrected chi connectivity index (χ0v) is 16.7. The molecule has 1 aliphatic rings. The molecule has 0 aromatic heterocycles. The Labute approximate surface area is 159 Å². The standard InChI is InChI=1S/C17H20BrNO5S/c1-4-23-13-9-11(8-12(18)15(13)24-5-2)10-14-16(20)19(6-7-22-3)17(21)25-14/h8-10H,4-7H2,1-3H3/b14-10+. The van der Waals surface area contributed by atoms with Crippen molar-refractivity contribution in [2.45, 2.75) is 13.8 Å². The van der Waals surface area contributed by atoms with Gasteiger partial charge in [-0.2, -0.15) is 0 Å². The molecule has 0 N–H and O–H groups in total. The van der Waals surface area contributed by atoms with E-state index in [0.717, 1.165) is 21.8 Å². The minimum Gasteiger partial charge on any atom is -0.490 e. The molecule has 2 amide bonds. The summed E-state index contributed by atoms with van der Waals surface area (Å²) in [6.45, 7) is 5.34. The number of thioether (sulfide) groups is 1. The number of benzene rings is 1. The number of methoxy groups -OCH3 is 1. The van der Waals surface area contributed by atoms with E-state index in [1.54, 1.807) is 12.1 Å². The van der Waals surface area contributed by atoms with Crippen LogP contribution in [0.1, 0.15) is 19.4 Å². The van der Waals surface area contributed by atoms with Gasteiger partial charge >= 0.3 is 0 Å². The van der Waals surface area contributed by atoms with Crippen LogP contribution in [-0.2, 0) is 9.53 Å². The number of hydrogen-bond acceptors (Lipinski definition) is 6. The third kappa shape index (κ3) is 4.77. The number of hydrogen-bond donors (Lipinski definition) is 0. The van der Waals surface area contributed by atoms with Crippen molar-refractivity contribution in [2.24, 2.45) is 0 Å². The molecule has 0 saturated carbocycles. The first kappa shape index (κ1) is 19.8. The summed E-state index contributed by atoms with van der Waals surface area (Å²) < 4.78 is 16.9. The van der Waals surface area contributed by atoms with Crippen molar-refractivity contribution < 1.29 is 23.8 Å². The first-order valence-corrected chi connectivity index (χ1v) is 9.46. The molecule has 136 valence electrons. The van der Waals surface area contributed by atoms with Gasteiger partial charge in [0.2, 0.25) is 0 Å². The summed E-state index contributed by atoms with van der Waals surface area (Å²) in [5, 5.41) is -0.289. The summed E-state index contributed by atoms with van der Waals surface area (Å²) in [6.07, 6.45) is 1.68. The van der Waals surface area contributed by atoms with Gasteiger partial charge in [-0.1, -0.05) is 0 Å². The molecule has 1 heterocycles. The maximum Gasteiger partial charge on any atom is 0.293 e. The highest BCUT2D eigenvalue weighted by Gasteiger charge is 2.34. The van der Waals surface area contributed by atoms with Gasteiger partial charge in [-0.15, -0.1) is 0 Å². The summed E-state index contributed by atoms with van der Waals surface area (Å²) in [4.78, 5) is 25.9. The van der Waals surface area contributed by atoms with Crippen LogP contribution < -0.4 is 9.47 Å². The molecule has 0 radical (unpaired) electrons. The van der Waals surface area contributed by atoms with Gasteiger partial charge in [0.25, 0.3) is 11.1 Å². The van der Waals surface area contributed by atoms with Crippen molar-refractivity contribution in [3.05, 3.63) is 27.1 Å². The second-order valence-corrected chi connectivity index (χ2v) is 6.87. The fourth-order valence-corrected chi connectivity index (χ4v) is 3.68. The molecule has 25 heavy (non-hydrogen) atoms. The van der Waals surface area contributed by atoms with Gasteiger partial charge in [-0.3, -0.25) is 14.5 Å². The SMILES string of the molecule is CCOc1cc(/C=C2/SC(=O)N(CCOC)C2=O)cc(Br)c1OCC. The molecule has 8 heteroatoms. The first-order chi connectivity index (χ1) is 12.0. The highest BCUT2D eigenvalue weighted by molar-refractivity contribution is 9.10. The van der Waals surface area contributed by atoms with E-state index in [1.807, 2.05) is 19.9 Å². The Morgan fingerprint density at radius 2 is 1.92 bits per heavy atom. The van der Waals surface area contributed by atoms with E-state index < -0.39 is 0 Å². The number of carbonyl (C=O) groups is 2. The van der Waals surface area contributed by atoms with Crippen molar-refractivity contribution in [2.75, 3.05) is 33.5 Å². The molecule has 1 aromatic rings. The van der Waals surface area contributed by atoms with Crippen LogP contribution in [0.4, 0.5) is 4.79 Å². The molecule has 1 aliphatic heterocycles. The summed E-state index contributed by atoms with van der Waals surface area (Å²) in [5.74, 6) is 0.897. The third-order valence-electron chi connectivity index (χ3n) is 3.31. The quantitative estimate of drug-likeness (QED) is 0.583. The lowest BCUT2D eigenvalue weighted by atomic mass is 10.2. The topological polar surface area (TPSA) is 65.1 Å². The van der Waals surface area contributed by atoms with Crippen LogP contribution >= 0.6 is 27.7 Å². The number of imide groups is 1. The molecule has 1 aromatic carbocycles. The van der Waals surface area contributed by atoms with Crippen molar-refractivity contribution in [3.8, 4) is 11.5 Å². The first-order valence-electron chi connectivity index (χ1n) is 7.85. The van der Waals surface area contributed by atoms with Gasteiger partial charge in [-0.05, 0) is 65.3 Å². The van der Waals surface area contributed by atoms with Crippen LogP contribution in [0.15, 0.2) is 21.5 Å². The highest BCUT2D eigenvalue weighted by atomic mass is 79.9. The average molecular weight is 430 g/mol. The summed E-state index contributed by atoms with van der Waals surface area (Å²) in [7, 11) is 1.53. The Bertz CT molecular complexity index is 692. The number of carbonyl (C=O) groups excluding carboxylic acids is 2. The van der Waals surface area contributed by atoms with E-state index in [9.17, 15) is 9.59 Å². The second-order valence-electron chi connectivity index (χ2n) is 5.02. The second kappa shape index (κ2) is 9.26. The van der Waals surface area contributed by atoms with Gasteiger partial charge in [0.15, 0.2) is 11.5 Å². The lowest BCUT2D eigenvalue weighted by molar-refractivity contribution is -0.123. The lowest BCUT2D eigenvalue weighted by Crippen LogP contribution is -2.31. The number of amides is 2. The lowest BCUT2D eigenvalue weighted by Gasteiger charge is -2.13. The maximum atomic E-state index is 12.4. The normalized spacial score (nSPS) is 16.0. The molecule has 0 bridgehead atoms.